The second-order valence-corrected chi connectivity index (χ2v) is 12.5. The summed E-state index contributed by atoms with van der Waals surface area (Å²) < 4.78 is 180. The van der Waals surface area contributed by atoms with E-state index < -0.39 is 164 Å². The Balaban J connectivity index is 1.34. The predicted molar refractivity (Wildman–Crippen MR) is 225 cm³/mol. The largest absolute Gasteiger partial charge is 0.455 e. The van der Waals surface area contributed by atoms with Gasteiger partial charge in [0.15, 0.2) is 0 Å². The molecule has 0 N–H and O–H groups in total. The monoisotopic (exact) mass is 691 g/mol. The second-order valence-electron chi connectivity index (χ2n) is 12.5. The van der Waals surface area contributed by atoms with Crippen molar-refractivity contribution in [1.29, 1.82) is 0 Å². The standard InChI is InChI=1S/C52H32O/c1-2-15-34(16-3-1)50-42-21-8-10-23-44(42)51(45-24-11-9-22-43(45)50)46-31-30-40(38-19-6-7-20-39(38)46)47-26-13-27-48-41-29-28-35(32-49(41)53-52(47)48)37-25-12-17-33-14-4-5-18-36(33)37/h1-32H/i1D,2D,3D,6D,7D,8D,9D,10D,11D,15D,16D,19D,20D,21D,22D,23D,24D,30D,31D. The third-order valence-electron chi connectivity index (χ3n) is 9.74. The summed E-state index contributed by atoms with van der Waals surface area (Å²) in [4.78, 5) is 0. The molecule has 0 fully saturated rings. The number of benzene rings is 10. The van der Waals surface area contributed by atoms with E-state index in [1.807, 2.05) is 60.7 Å². The lowest BCUT2D eigenvalue weighted by atomic mass is 9.84. The van der Waals surface area contributed by atoms with E-state index in [4.69, 9.17) is 19.5 Å². The Labute approximate surface area is 333 Å². The van der Waals surface area contributed by atoms with Crippen molar-refractivity contribution in [2.75, 3.05) is 0 Å². The Morgan fingerprint density at radius 1 is 0.340 bits per heavy atom. The van der Waals surface area contributed by atoms with Crippen LogP contribution in [-0.4, -0.2) is 0 Å². The molecule has 0 aliphatic heterocycles. The maximum atomic E-state index is 9.97. The summed E-state index contributed by atoms with van der Waals surface area (Å²) in [7, 11) is 0. The van der Waals surface area contributed by atoms with E-state index in [0.717, 1.165) is 21.9 Å². The van der Waals surface area contributed by atoms with Crippen molar-refractivity contribution < 1.29 is 30.5 Å². The molecule has 0 bridgehead atoms. The first kappa shape index (κ1) is 16.6. The zero-order chi connectivity index (χ0) is 51.4. The number of fused-ring (bicyclic) bond motifs is 7. The summed E-state index contributed by atoms with van der Waals surface area (Å²) in [6.45, 7) is 0. The Morgan fingerprint density at radius 2 is 0.906 bits per heavy atom. The van der Waals surface area contributed by atoms with Gasteiger partial charge in [0, 0.05) is 16.3 Å². The highest BCUT2D eigenvalue weighted by Crippen LogP contribution is 2.47. The van der Waals surface area contributed by atoms with Crippen LogP contribution >= 0.6 is 0 Å². The summed E-state index contributed by atoms with van der Waals surface area (Å²) >= 11 is 0. The molecule has 1 aromatic heterocycles. The first-order chi connectivity index (χ1) is 34.2. The summed E-state index contributed by atoms with van der Waals surface area (Å²) in [6, 6.07) is 9.09. The molecule has 246 valence electrons. The maximum Gasteiger partial charge on any atom is 0.143 e. The summed E-state index contributed by atoms with van der Waals surface area (Å²) in [5.74, 6) is 0. The van der Waals surface area contributed by atoms with E-state index in [0.29, 0.717) is 16.4 Å². The van der Waals surface area contributed by atoms with Gasteiger partial charge in [-0.1, -0.05) is 182 Å². The Morgan fingerprint density at radius 3 is 1.66 bits per heavy atom. The van der Waals surface area contributed by atoms with Crippen LogP contribution in [0.2, 0.25) is 0 Å². The van der Waals surface area contributed by atoms with Crippen molar-refractivity contribution in [1.82, 2.24) is 0 Å². The highest BCUT2D eigenvalue weighted by Gasteiger charge is 2.20. The van der Waals surface area contributed by atoms with Gasteiger partial charge in [-0.25, -0.2) is 0 Å². The smallest absolute Gasteiger partial charge is 0.143 e. The molecule has 1 nitrogen and oxygen atoms in total. The molecule has 10 aromatic carbocycles. The van der Waals surface area contributed by atoms with Gasteiger partial charge in [-0.3, -0.25) is 0 Å². The fourth-order valence-corrected chi connectivity index (χ4v) is 7.47. The first-order valence-electron chi connectivity index (χ1n) is 26.2. The highest BCUT2D eigenvalue weighted by atomic mass is 16.3. The van der Waals surface area contributed by atoms with Crippen molar-refractivity contribution in [2.45, 2.75) is 0 Å². The molecule has 1 heteroatoms. The SMILES string of the molecule is [2H]c1c([2H])c([2H])c(-c2c3c([2H])c([2H])c([2H])c([2H])c3c(-c3c([2H])c([2H])c(-c4cccc5c4oc4cc(-c6cccc7ccccc67)ccc45)c4c([2H])c([2H])c([2H])c([2H])c34)c3c([2H])c([2H])c([2H])c([2H])c23)c([2H])c1[2H]. The van der Waals surface area contributed by atoms with Crippen molar-refractivity contribution in [3.8, 4) is 44.5 Å². The normalized spacial score (nSPS) is 16.8. The third kappa shape index (κ3) is 4.58. The van der Waals surface area contributed by atoms with E-state index in [9.17, 15) is 11.0 Å². The molecule has 11 aromatic rings. The van der Waals surface area contributed by atoms with Gasteiger partial charge < -0.3 is 4.42 Å². The quantitative estimate of drug-likeness (QED) is 0.167. The molecule has 0 radical (unpaired) electrons. The van der Waals surface area contributed by atoms with Gasteiger partial charge in [-0.05, 0) is 94.2 Å². The van der Waals surface area contributed by atoms with Crippen molar-refractivity contribution in [3.63, 3.8) is 0 Å². The Kier molecular flexibility index (Phi) is 3.69. The molecule has 0 saturated carbocycles. The molecule has 53 heavy (non-hydrogen) atoms. The molecule has 0 saturated heterocycles. The van der Waals surface area contributed by atoms with Gasteiger partial charge in [-0.15, -0.1) is 0 Å². The average molecular weight is 692 g/mol. The summed E-state index contributed by atoms with van der Waals surface area (Å²) in [6.07, 6.45) is 0. The van der Waals surface area contributed by atoms with Crippen molar-refractivity contribution in [3.05, 3.63) is 194 Å². The minimum absolute atomic E-state index is 0.158. The molecule has 0 spiro atoms. The minimum atomic E-state index is -0.874. The van der Waals surface area contributed by atoms with Crippen molar-refractivity contribution in [2.24, 2.45) is 0 Å². The Bertz CT molecular complexity index is 4220. The molecule has 11 rings (SSSR count). The van der Waals surface area contributed by atoms with E-state index in [1.54, 1.807) is 18.2 Å². The topological polar surface area (TPSA) is 13.1 Å². The van der Waals surface area contributed by atoms with Crippen LogP contribution in [0.4, 0.5) is 0 Å². The molecule has 0 unspecified atom stereocenters. The van der Waals surface area contributed by atoms with Gasteiger partial charge in [0.05, 0.1) is 26.0 Å². The lowest BCUT2D eigenvalue weighted by Gasteiger charge is -2.19. The van der Waals surface area contributed by atoms with Gasteiger partial charge in [0.2, 0.25) is 0 Å². The number of furan rings is 1. The van der Waals surface area contributed by atoms with E-state index in [2.05, 4.69) is 0 Å². The lowest BCUT2D eigenvalue weighted by Crippen LogP contribution is -1.92. The molecular formula is C52H32O. The second kappa shape index (κ2) is 11.8. The minimum Gasteiger partial charge on any atom is -0.455 e. The molecular weight excluding hydrogens is 641 g/mol. The van der Waals surface area contributed by atoms with E-state index in [1.165, 1.54) is 0 Å². The van der Waals surface area contributed by atoms with Crippen LogP contribution in [0.1, 0.15) is 26.0 Å². The Hall–Kier alpha value is -6.96. The number of hydrogen-bond acceptors (Lipinski definition) is 1. The van der Waals surface area contributed by atoms with Crippen LogP contribution in [0.3, 0.4) is 0 Å². The number of rotatable bonds is 4. The van der Waals surface area contributed by atoms with Crippen LogP contribution < -0.4 is 0 Å². The van der Waals surface area contributed by atoms with Crippen LogP contribution in [0.15, 0.2) is 198 Å². The van der Waals surface area contributed by atoms with E-state index in [-0.39, 0.29) is 22.1 Å². The van der Waals surface area contributed by atoms with Gasteiger partial charge in [0.1, 0.15) is 11.2 Å². The molecule has 1 heterocycles. The van der Waals surface area contributed by atoms with Crippen LogP contribution in [0.25, 0.3) is 110 Å². The maximum absolute atomic E-state index is 9.97. The van der Waals surface area contributed by atoms with Crippen LogP contribution in [0.5, 0.6) is 0 Å². The summed E-state index contributed by atoms with van der Waals surface area (Å²) in [5, 5.41) is 0.223. The van der Waals surface area contributed by atoms with Crippen molar-refractivity contribution >= 4 is 65.0 Å². The summed E-state index contributed by atoms with van der Waals surface area (Å²) in [5.41, 5.74) is 0.0999. The third-order valence-corrected chi connectivity index (χ3v) is 9.74. The molecule has 0 amide bonds. The number of hydrogen-bond donors (Lipinski definition) is 0. The van der Waals surface area contributed by atoms with Gasteiger partial charge in [0.25, 0.3) is 0 Å². The predicted octanol–water partition coefficient (Wildman–Crippen LogP) is 14.9. The molecule has 0 aliphatic carbocycles. The van der Waals surface area contributed by atoms with Crippen LogP contribution in [0, 0.1) is 0 Å². The van der Waals surface area contributed by atoms with Gasteiger partial charge >= 0.3 is 0 Å². The van der Waals surface area contributed by atoms with Gasteiger partial charge in [-0.2, -0.15) is 0 Å². The fourth-order valence-electron chi connectivity index (χ4n) is 7.47. The highest BCUT2D eigenvalue weighted by molar-refractivity contribution is 6.24. The zero-order valence-corrected chi connectivity index (χ0v) is 27.4. The zero-order valence-electron chi connectivity index (χ0n) is 46.4. The first-order valence-corrected chi connectivity index (χ1v) is 16.7. The van der Waals surface area contributed by atoms with Crippen LogP contribution in [-0.2, 0) is 0 Å². The number of para-hydroxylation sites is 1. The molecule has 0 aliphatic rings. The fraction of sp³-hybridized carbons (Fsp3) is 0. The molecule has 0 atom stereocenters. The van der Waals surface area contributed by atoms with E-state index >= 15 is 0 Å². The average Bonchev–Trinajstić information content (AvgIpc) is 3.76. The lowest BCUT2D eigenvalue weighted by molar-refractivity contribution is 0.670.